The number of benzene rings is 1. The highest BCUT2D eigenvalue weighted by Crippen LogP contribution is 2.36. The van der Waals surface area contributed by atoms with Gasteiger partial charge in [-0.3, -0.25) is 4.79 Å². The normalized spacial score (nSPS) is 12.3. The summed E-state index contributed by atoms with van der Waals surface area (Å²) < 4.78 is 13.0. The molecule has 2 aromatic heterocycles. The molecule has 0 aliphatic rings. The van der Waals surface area contributed by atoms with Crippen molar-refractivity contribution < 1.29 is 9.18 Å². The minimum Gasteiger partial charge on any atom is -0.325 e. The van der Waals surface area contributed by atoms with E-state index in [9.17, 15) is 9.18 Å². The summed E-state index contributed by atoms with van der Waals surface area (Å²) >= 11 is 3.09. The summed E-state index contributed by atoms with van der Waals surface area (Å²) in [5.74, 6) is -0.443. The molecular weight excluding hydrogens is 357 g/mol. The smallest absolute Gasteiger partial charge is 0.237 e. The van der Waals surface area contributed by atoms with Gasteiger partial charge >= 0.3 is 0 Å². The molecule has 0 saturated carbocycles. The van der Waals surface area contributed by atoms with Crippen LogP contribution in [0.2, 0.25) is 0 Å². The van der Waals surface area contributed by atoms with Crippen molar-refractivity contribution >= 4 is 44.9 Å². The van der Waals surface area contributed by atoms with E-state index < -0.39 is 0 Å². The van der Waals surface area contributed by atoms with Gasteiger partial charge in [0.15, 0.2) is 0 Å². The van der Waals surface area contributed by atoms with Gasteiger partial charge in [0.05, 0.1) is 5.25 Å². The van der Waals surface area contributed by atoms with E-state index >= 15 is 0 Å². The van der Waals surface area contributed by atoms with Crippen LogP contribution in [0.3, 0.4) is 0 Å². The number of hydrogen-bond acceptors (Lipinski definition) is 5. The second-order valence-corrected chi connectivity index (χ2v) is 8.05. The first-order chi connectivity index (χ1) is 12.0. The third kappa shape index (κ3) is 3.82. The average Bonchev–Trinajstić information content (AvgIpc) is 2.89. The SMILES string of the molecule is CCC(Sc1ncnc2sc(C)c(C)c12)C(=O)Nc1ccc(F)cc1. The van der Waals surface area contributed by atoms with Gasteiger partial charge in [0.25, 0.3) is 0 Å². The Labute approximate surface area is 153 Å². The maximum atomic E-state index is 13.0. The zero-order valence-corrected chi connectivity index (χ0v) is 15.8. The number of thioether (sulfide) groups is 1. The quantitative estimate of drug-likeness (QED) is 0.506. The Morgan fingerprint density at radius 1 is 1.28 bits per heavy atom. The van der Waals surface area contributed by atoms with Crippen LogP contribution in [0.15, 0.2) is 35.6 Å². The Morgan fingerprint density at radius 3 is 2.68 bits per heavy atom. The molecule has 3 aromatic rings. The topological polar surface area (TPSA) is 54.9 Å². The number of nitrogens with one attached hydrogen (secondary N) is 1. The highest BCUT2D eigenvalue weighted by atomic mass is 32.2. The number of aromatic nitrogens is 2. The summed E-state index contributed by atoms with van der Waals surface area (Å²) in [6.07, 6.45) is 2.20. The first kappa shape index (κ1) is 17.8. The van der Waals surface area contributed by atoms with Crippen LogP contribution in [0.5, 0.6) is 0 Å². The van der Waals surface area contributed by atoms with Crippen molar-refractivity contribution in [3.05, 3.63) is 46.9 Å². The van der Waals surface area contributed by atoms with E-state index in [2.05, 4.69) is 29.1 Å². The molecule has 1 atom stereocenters. The van der Waals surface area contributed by atoms with E-state index in [1.165, 1.54) is 28.8 Å². The minimum atomic E-state index is -0.328. The van der Waals surface area contributed by atoms with Gasteiger partial charge in [-0.2, -0.15) is 0 Å². The lowest BCUT2D eigenvalue weighted by molar-refractivity contribution is -0.115. The number of aryl methyl sites for hydroxylation is 2. The van der Waals surface area contributed by atoms with Crippen LogP contribution in [-0.2, 0) is 4.79 Å². The molecule has 1 N–H and O–H groups in total. The highest BCUT2D eigenvalue weighted by Gasteiger charge is 2.22. The van der Waals surface area contributed by atoms with E-state index in [1.807, 2.05) is 6.92 Å². The Balaban J connectivity index is 1.82. The number of carbonyl (C=O) groups is 1. The van der Waals surface area contributed by atoms with Gasteiger partial charge < -0.3 is 5.32 Å². The fraction of sp³-hybridized carbons (Fsp3) is 0.278. The molecule has 2 heterocycles. The van der Waals surface area contributed by atoms with Gasteiger partial charge in [0.2, 0.25) is 5.91 Å². The molecule has 0 aliphatic heterocycles. The molecule has 0 spiro atoms. The average molecular weight is 375 g/mol. The number of amides is 1. The maximum Gasteiger partial charge on any atom is 0.237 e. The Kier molecular flexibility index (Phi) is 5.34. The number of nitrogens with zero attached hydrogens (tertiary/aromatic N) is 2. The molecule has 130 valence electrons. The number of halogens is 1. The van der Waals surface area contributed by atoms with Crippen molar-refractivity contribution in [2.75, 3.05) is 5.32 Å². The number of thiophene rings is 1. The standard InChI is InChI=1S/C18H18FN3OS2/c1-4-14(16(23)22-13-7-5-12(19)6-8-13)25-18-15-10(2)11(3)24-17(15)20-9-21-18/h5-9,14H,4H2,1-3H3,(H,22,23). The van der Waals surface area contributed by atoms with Crippen molar-refractivity contribution in [1.82, 2.24) is 9.97 Å². The lowest BCUT2D eigenvalue weighted by Gasteiger charge is -2.15. The molecular formula is C18H18FN3OS2. The minimum absolute atomic E-state index is 0.115. The van der Waals surface area contributed by atoms with E-state index in [1.54, 1.807) is 29.8 Å². The molecule has 0 fully saturated rings. The monoisotopic (exact) mass is 375 g/mol. The van der Waals surface area contributed by atoms with Crippen molar-refractivity contribution in [3.8, 4) is 0 Å². The van der Waals surface area contributed by atoms with Gasteiger partial charge in [-0.15, -0.1) is 11.3 Å². The van der Waals surface area contributed by atoms with Crippen LogP contribution in [0.1, 0.15) is 23.8 Å². The van der Waals surface area contributed by atoms with Crippen LogP contribution >= 0.6 is 23.1 Å². The van der Waals surface area contributed by atoms with E-state index in [4.69, 9.17) is 0 Å². The number of anilines is 1. The van der Waals surface area contributed by atoms with E-state index in [0.29, 0.717) is 12.1 Å². The third-order valence-corrected chi connectivity index (χ3v) is 6.44. The van der Waals surface area contributed by atoms with Crippen molar-refractivity contribution in [2.45, 2.75) is 37.5 Å². The van der Waals surface area contributed by atoms with Crippen LogP contribution in [0, 0.1) is 19.7 Å². The first-order valence-electron chi connectivity index (χ1n) is 7.93. The molecule has 1 amide bonds. The zero-order chi connectivity index (χ0) is 18.0. The maximum absolute atomic E-state index is 13.0. The summed E-state index contributed by atoms with van der Waals surface area (Å²) in [6.45, 7) is 6.09. The van der Waals surface area contributed by atoms with Gasteiger partial charge in [-0.25, -0.2) is 14.4 Å². The van der Waals surface area contributed by atoms with Crippen molar-refractivity contribution in [1.29, 1.82) is 0 Å². The fourth-order valence-corrected chi connectivity index (χ4v) is 4.59. The van der Waals surface area contributed by atoms with Gasteiger partial charge in [-0.05, 0) is 50.1 Å². The van der Waals surface area contributed by atoms with Gasteiger partial charge in [0, 0.05) is 16.0 Å². The summed E-state index contributed by atoms with van der Waals surface area (Å²) in [5, 5.41) is 4.41. The fourth-order valence-electron chi connectivity index (χ4n) is 2.45. The van der Waals surface area contributed by atoms with Crippen LogP contribution in [0.25, 0.3) is 10.2 Å². The second-order valence-electron chi connectivity index (χ2n) is 5.65. The molecule has 0 saturated heterocycles. The second kappa shape index (κ2) is 7.49. The Hall–Kier alpha value is -1.99. The molecule has 4 nitrogen and oxygen atoms in total. The van der Waals surface area contributed by atoms with E-state index in [-0.39, 0.29) is 17.0 Å². The van der Waals surface area contributed by atoms with Crippen LogP contribution in [0.4, 0.5) is 10.1 Å². The summed E-state index contributed by atoms with van der Waals surface area (Å²) in [5.41, 5.74) is 1.75. The molecule has 0 bridgehead atoms. The highest BCUT2D eigenvalue weighted by molar-refractivity contribution is 8.00. The number of hydrogen-bond donors (Lipinski definition) is 1. The molecule has 1 unspecified atom stereocenters. The summed E-state index contributed by atoms with van der Waals surface area (Å²) in [7, 11) is 0. The number of carbonyl (C=O) groups excluding carboxylic acids is 1. The van der Waals surface area contributed by atoms with Crippen LogP contribution in [-0.4, -0.2) is 21.1 Å². The molecule has 0 radical (unpaired) electrons. The Morgan fingerprint density at radius 2 is 2.00 bits per heavy atom. The predicted octanol–water partition coefficient (Wildman–Crippen LogP) is 4.96. The zero-order valence-electron chi connectivity index (χ0n) is 14.2. The summed E-state index contributed by atoms with van der Waals surface area (Å²) in [6, 6.07) is 5.77. The summed E-state index contributed by atoms with van der Waals surface area (Å²) in [4.78, 5) is 23.5. The molecule has 3 rings (SSSR count). The predicted molar refractivity (Wildman–Crippen MR) is 102 cm³/mol. The molecule has 0 aliphatic carbocycles. The molecule has 7 heteroatoms. The van der Waals surface area contributed by atoms with Gasteiger partial charge in [0.1, 0.15) is 22.0 Å². The largest absolute Gasteiger partial charge is 0.325 e. The molecule has 25 heavy (non-hydrogen) atoms. The molecule has 1 aromatic carbocycles. The van der Waals surface area contributed by atoms with Gasteiger partial charge in [-0.1, -0.05) is 18.7 Å². The third-order valence-electron chi connectivity index (χ3n) is 3.96. The lowest BCUT2D eigenvalue weighted by Crippen LogP contribution is -2.24. The van der Waals surface area contributed by atoms with Crippen molar-refractivity contribution in [2.24, 2.45) is 0 Å². The lowest BCUT2D eigenvalue weighted by atomic mass is 10.2. The first-order valence-corrected chi connectivity index (χ1v) is 9.63. The van der Waals surface area contributed by atoms with Crippen molar-refractivity contribution in [3.63, 3.8) is 0 Å². The van der Waals surface area contributed by atoms with E-state index in [0.717, 1.165) is 20.8 Å². The van der Waals surface area contributed by atoms with Crippen LogP contribution < -0.4 is 5.32 Å². The Bertz CT molecular complexity index is 909. The number of fused-ring (bicyclic) bond motifs is 1. The number of rotatable bonds is 5.